The van der Waals surface area contributed by atoms with E-state index >= 15 is 0 Å². The van der Waals surface area contributed by atoms with E-state index in [1.807, 2.05) is 0 Å². The number of rotatable bonds is 0. The average molecular weight is 314 g/mol. The molecule has 0 atom stereocenters. The number of hydrogen-bond acceptors (Lipinski definition) is 4. The molecule has 1 aromatic rings. The fraction of sp³-hybridized carbons (Fsp3) is 0.533. The molecule has 5 nitrogen and oxygen atoms in total. The van der Waals surface area contributed by atoms with Crippen LogP contribution in [0.15, 0.2) is 18.2 Å². The van der Waals surface area contributed by atoms with E-state index in [2.05, 4.69) is 43.5 Å². The van der Waals surface area contributed by atoms with Gasteiger partial charge < -0.3 is 0 Å². The van der Waals surface area contributed by atoms with Gasteiger partial charge in [0.15, 0.2) is 5.71 Å². The standard InChI is InChI=1S/C15H20N.ClHO4/c1-11-15(2,3)13-9-6-8-12-7-4-5-10-16(11)14(12)13;2-1(3,4)5/h6,8-9H,4-5,7,10H2,1-3H3;(H,2,3,4,5)/q+1;/p-1. The zero-order chi connectivity index (χ0) is 15.8. The van der Waals surface area contributed by atoms with E-state index in [-0.39, 0.29) is 5.41 Å². The van der Waals surface area contributed by atoms with Gasteiger partial charge >= 0.3 is 0 Å². The minimum Gasteiger partial charge on any atom is -0.222 e. The number of hydrogen-bond donors (Lipinski definition) is 0. The Morgan fingerprint density at radius 3 is 2.33 bits per heavy atom. The summed E-state index contributed by atoms with van der Waals surface area (Å²) in [6, 6.07) is 6.86. The summed E-state index contributed by atoms with van der Waals surface area (Å²) < 4.78 is 36.5. The van der Waals surface area contributed by atoms with Gasteiger partial charge in [0.2, 0.25) is 5.69 Å². The normalized spacial score (nSPS) is 19.6. The lowest BCUT2D eigenvalue weighted by molar-refractivity contribution is -2.00. The molecule has 21 heavy (non-hydrogen) atoms. The lowest BCUT2D eigenvalue weighted by Gasteiger charge is -2.17. The number of halogens is 1. The van der Waals surface area contributed by atoms with E-state index in [1.54, 1.807) is 5.56 Å². The van der Waals surface area contributed by atoms with Gasteiger partial charge in [-0.15, -0.1) is 10.2 Å². The third-order valence-electron chi connectivity index (χ3n) is 4.45. The molecule has 0 aliphatic carbocycles. The van der Waals surface area contributed by atoms with Crippen molar-refractivity contribution in [3.8, 4) is 0 Å². The summed E-state index contributed by atoms with van der Waals surface area (Å²) in [4.78, 5) is 0. The van der Waals surface area contributed by atoms with Crippen LogP contribution < -0.4 is 18.6 Å². The number of nitrogens with zero attached hydrogens (tertiary/aromatic N) is 1. The lowest BCUT2D eigenvalue weighted by atomic mass is 9.81. The number of para-hydroxylation sites is 1. The second kappa shape index (κ2) is 5.66. The summed E-state index contributed by atoms with van der Waals surface area (Å²) in [6.07, 6.45) is 3.91. The van der Waals surface area contributed by atoms with Crippen molar-refractivity contribution in [1.29, 1.82) is 0 Å². The Balaban J connectivity index is 0.000000282. The third-order valence-corrected chi connectivity index (χ3v) is 4.45. The first kappa shape index (κ1) is 16.4. The van der Waals surface area contributed by atoms with Crippen LogP contribution in [0.1, 0.15) is 44.7 Å². The number of aryl methyl sites for hydroxylation is 1. The molecule has 0 saturated heterocycles. The Bertz CT molecular complexity index is 570. The summed E-state index contributed by atoms with van der Waals surface area (Å²) in [5, 5.41) is 0. The Kier molecular flexibility index (Phi) is 4.42. The van der Waals surface area contributed by atoms with Crippen molar-refractivity contribution < 1.29 is 33.5 Å². The summed E-state index contributed by atoms with van der Waals surface area (Å²) in [5.74, 6) is 0. The van der Waals surface area contributed by atoms with Gasteiger partial charge in [-0.25, -0.2) is 18.6 Å². The first-order valence-corrected chi connectivity index (χ1v) is 8.21. The van der Waals surface area contributed by atoms with Gasteiger partial charge in [0.1, 0.15) is 6.54 Å². The van der Waals surface area contributed by atoms with Crippen molar-refractivity contribution in [2.75, 3.05) is 6.54 Å². The van der Waals surface area contributed by atoms with Crippen molar-refractivity contribution in [3.05, 3.63) is 29.3 Å². The zero-order valence-corrected chi connectivity index (χ0v) is 13.3. The second-order valence-electron chi connectivity index (χ2n) is 6.01. The Labute approximate surface area is 126 Å². The molecule has 2 aliphatic heterocycles. The SMILES string of the molecule is CC1=[N+]2CCCCc3cccc(c32)C1(C)C.[O-][Cl+3]([O-])([O-])[O-]. The van der Waals surface area contributed by atoms with Crippen molar-refractivity contribution in [3.63, 3.8) is 0 Å². The molecule has 2 aliphatic rings. The highest BCUT2D eigenvalue weighted by Gasteiger charge is 2.44. The van der Waals surface area contributed by atoms with Crippen LogP contribution in [0.5, 0.6) is 0 Å². The van der Waals surface area contributed by atoms with Gasteiger partial charge in [-0.1, -0.05) is 18.2 Å². The highest BCUT2D eigenvalue weighted by atomic mass is 35.7. The van der Waals surface area contributed by atoms with Crippen molar-refractivity contribution in [1.82, 2.24) is 0 Å². The average Bonchev–Trinajstić information content (AvgIpc) is 2.53. The number of benzene rings is 1. The summed E-state index contributed by atoms with van der Waals surface area (Å²) in [6.45, 7) is 8.22. The summed E-state index contributed by atoms with van der Waals surface area (Å²) in [5.41, 5.74) is 6.37. The molecule has 3 rings (SSSR count). The quantitative estimate of drug-likeness (QED) is 0.554. The topological polar surface area (TPSA) is 95.2 Å². The van der Waals surface area contributed by atoms with E-state index < -0.39 is 10.2 Å². The minimum atomic E-state index is -4.94. The molecule has 0 spiro atoms. The molecule has 2 heterocycles. The molecule has 0 bridgehead atoms. The highest BCUT2D eigenvalue weighted by molar-refractivity contribution is 5.93. The van der Waals surface area contributed by atoms with Gasteiger partial charge in [-0.3, -0.25) is 0 Å². The van der Waals surface area contributed by atoms with E-state index in [0.717, 1.165) is 0 Å². The molecule has 0 saturated carbocycles. The molecule has 1 aromatic carbocycles. The molecule has 0 aromatic heterocycles. The second-order valence-corrected chi connectivity index (χ2v) is 6.77. The molecule has 116 valence electrons. The highest BCUT2D eigenvalue weighted by Crippen LogP contribution is 2.42. The van der Waals surface area contributed by atoms with Gasteiger partial charge in [-0.05, 0) is 26.7 Å². The van der Waals surface area contributed by atoms with E-state index in [9.17, 15) is 0 Å². The third kappa shape index (κ3) is 3.44. The Hall–Kier alpha value is -0.980. The molecular weight excluding hydrogens is 294 g/mol. The predicted octanol–water partition coefficient (Wildman–Crippen LogP) is -1.34. The van der Waals surface area contributed by atoms with E-state index in [1.165, 1.54) is 42.8 Å². The van der Waals surface area contributed by atoms with Crippen LogP contribution in [0.4, 0.5) is 5.69 Å². The van der Waals surface area contributed by atoms with Crippen LogP contribution in [0.2, 0.25) is 0 Å². The molecule has 0 N–H and O–H groups in total. The largest absolute Gasteiger partial charge is 0.222 e. The van der Waals surface area contributed by atoms with Gasteiger partial charge in [0.25, 0.3) is 0 Å². The molecule has 0 radical (unpaired) electrons. The summed E-state index contributed by atoms with van der Waals surface area (Å²) in [7, 11) is -4.94. The maximum Gasteiger partial charge on any atom is 0.212 e. The van der Waals surface area contributed by atoms with Gasteiger partial charge in [0.05, 0.1) is 5.41 Å². The van der Waals surface area contributed by atoms with Crippen LogP contribution in [0.3, 0.4) is 0 Å². The first-order chi connectivity index (χ1) is 9.62. The van der Waals surface area contributed by atoms with Crippen molar-refractivity contribution in [2.45, 2.75) is 45.4 Å². The monoisotopic (exact) mass is 313 g/mol. The fourth-order valence-corrected chi connectivity index (χ4v) is 3.18. The van der Waals surface area contributed by atoms with Crippen LogP contribution in [-0.2, 0) is 11.8 Å². The predicted molar refractivity (Wildman–Crippen MR) is 67.9 cm³/mol. The van der Waals surface area contributed by atoms with Crippen LogP contribution in [0, 0.1) is 10.2 Å². The van der Waals surface area contributed by atoms with Gasteiger partial charge in [0, 0.05) is 24.5 Å². The first-order valence-electron chi connectivity index (χ1n) is 6.98. The molecule has 0 unspecified atom stereocenters. The smallest absolute Gasteiger partial charge is 0.212 e. The Morgan fingerprint density at radius 2 is 1.71 bits per heavy atom. The fourth-order valence-electron chi connectivity index (χ4n) is 3.18. The zero-order valence-electron chi connectivity index (χ0n) is 12.5. The molecule has 0 amide bonds. The van der Waals surface area contributed by atoms with Crippen LogP contribution in [-0.4, -0.2) is 16.8 Å². The molecule has 6 heteroatoms. The van der Waals surface area contributed by atoms with Crippen molar-refractivity contribution >= 4 is 11.4 Å². The van der Waals surface area contributed by atoms with E-state index in [0.29, 0.717) is 0 Å². The van der Waals surface area contributed by atoms with Crippen LogP contribution >= 0.6 is 0 Å². The Morgan fingerprint density at radius 1 is 1.10 bits per heavy atom. The van der Waals surface area contributed by atoms with Gasteiger partial charge in [-0.2, -0.15) is 4.58 Å². The molecular formula is C15H20ClNO4. The maximum atomic E-state index is 8.49. The minimum absolute atomic E-state index is 0.225. The lowest BCUT2D eigenvalue weighted by Crippen LogP contribution is -2.68. The van der Waals surface area contributed by atoms with Crippen molar-refractivity contribution in [2.24, 2.45) is 0 Å². The van der Waals surface area contributed by atoms with Crippen LogP contribution in [0.25, 0.3) is 0 Å². The molecule has 0 fully saturated rings. The maximum absolute atomic E-state index is 8.49. The summed E-state index contributed by atoms with van der Waals surface area (Å²) >= 11 is 0. The van der Waals surface area contributed by atoms with E-state index in [4.69, 9.17) is 18.6 Å².